The van der Waals surface area contributed by atoms with Gasteiger partial charge in [0.25, 0.3) is 0 Å². The zero-order valence-corrected chi connectivity index (χ0v) is 12.0. The van der Waals surface area contributed by atoms with Crippen LogP contribution in [0.4, 0.5) is 4.39 Å². The van der Waals surface area contributed by atoms with Crippen LogP contribution in [0.25, 0.3) is 0 Å². The monoisotopic (exact) mass is 305 g/mol. The van der Waals surface area contributed by atoms with Gasteiger partial charge in [-0.2, -0.15) is 0 Å². The zero-order chi connectivity index (χ0) is 15.3. The fourth-order valence-corrected chi connectivity index (χ4v) is 2.92. The topological polar surface area (TPSA) is 92.7 Å². The highest BCUT2D eigenvalue weighted by atomic mass is 32.2. The maximum Gasteiger partial charge on any atom is 0.303 e. The Kier molecular flexibility index (Phi) is 5.46. The average Bonchev–Trinajstić information content (AvgIpc) is 2.37. The Bertz CT molecular complexity index is 600. The Morgan fingerprint density at radius 1 is 1.45 bits per heavy atom. The second kappa shape index (κ2) is 6.67. The molecule has 0 amide bonds. The van der Waals surface area contributed by atoms with Crippen LogP contribution in [-0.2, 0) is 14.8 Å². The molecule has 1 rings (SSSR count). The van der Waals surface area contributed by atoms with Crippen molar-refractivity contribution in [1.82, 2.24) is 4.72 Å². The Morgan fingerprint density at radius 3 is 2.65 bits per heavy atom. The number of hydrogen-bond donors (Lipinski definition) is 2. The molecule has 2 N–H and O–H groups in total. The summed E-state index contributed by atoms with van der Waals surface area (Å²) in [4.78, 5) is 10.1. The van der Waals surface area contributed by atoms with Gasteiger partial charge >= 0.3 is 5.97 Å². The summed E-state index contributed by atoms with van der Waals surface area (Å²) in [6, 6.07) is 2.48. The standard InChI is InChI=1S/C12H16FNO5S/c1-8-10(6-5-9(19-2)12(8)13)20(17,18)14-7-3-4-11(15)16/h5-6,14H,3-4,7H2,1-2H3,(H,15,16). The van der Waals surface area contributed by atoms with E-state index in [1.54, 1.807) is 0 Å². The highest BCUT2D eigenvalue weighted by molar-refractivity contribution is 7.89. The lowest BCUT2D eigenvalue weighted by Crippen LogP contribution is -2.26. The number of ether oxygens (including phenoxy) is 1. The summed E-state index contributed by atoms with van der Waals surface area (Å²) in [6.07, 6.45) is 0.0186. The first-order valence-corrected chi connectivity index (χ1v) is 7.32. The molecule has 112 valence electrons. The quantitative estimate of drug-likeness (QED) is 0.740. The van der Waals surface area contributed by atoms with Gasteiger partial charge in [-0.15, -0.1) is 0 Å². The molecule has 0 saturated carbocycles. The predicted molar refractivity (Wildman–Crippen MR) is 69.7 cm³/mol. The van der Waals surface area contributed by atoms with Crippen LogP contribution in [0.2, 0.25) is 0 Å². The molecular formula is C12H16FNO5S. The van der Waals surface area contributed by atoms with E-state index in [0.29, 0.717) is 0 Å². The van der Waals surface area contributed by atoms with Crippen molar-refractivity contribution < 1.29 is 27.4 Å². The van der Waals surface area contributed by atoms with Gasteiger partial charge in [-0.25, -0.2) is 17.5 Å². The van der Waals surface area contributed by atoms with Crippen molar-refractivity contribution in [2.45, 2.75) is 24.7 Å². The van der Waals surface area contributed by atoms with E-state index in [4.69, 9.17) is 9.84 Å². The van der Waals surface area contributed by atoms with Crippen molar-refractivity contribution >= 4 is 16.0 Å². The molecule has 6 nitrogen and oxygen atoms in total. The minimum absolute atomic E-state index is 0.0261. The van der Waals surface area contributed by atoms with Crippen molar-refractivity contribution in [2.75, 3.05) is 13.7 Å². The number of sulfonamides is 1. The van der Waals surface area contributed by atoms with Gasteiger partial charge in [0, 0.05) is 18.5 Å². The molecular weight excluding hydrogens is 289 g/mol. The summed E-state index contributed by atoms with van der Waals surface area (Å²) in [5.74, 6) is -1.77. The number of benzene rings is 1. The molecule has 0 aromatic heterocycles. The van der Waals surface area contributed by atoms with Crippen LogP contribution in [0.15, 0.2) is 17.0 Å². The van der Waals surface area contributed by atoms with E-state index in [-0.39, 0.29) is 35.6 Å². The van der Waals surface area contributed by atoms with Crippen LogP contribution in [0.1, 0.15) is 18.4 Å². The number of nitrogens with one attached hydrogen (secondary N) is 1. The first-order chi connectivity index (χ1) is 9.29. The molecule has 20 heavy (non-hydrogen) atoms. The molecule has 0 aliphatic heterocycles. The van der Waals surface area contributed by atoms with E-state index in [1.165, 1.54) is 26.2 Å². The average molecular weight is 305 g/mol. The number of rotatable bonds is 7. The van der Waals surface area contributed by atoms with Crippen molar-refractivity contribution in [3.63, 3.8) is 0 Å². The third kappa shape index (κ3) is 3.91. The third-order valence-corrected chi connectivity index (χ3v) is 4.28. The highest BCUT2D eigenvalue weighted by Gasteiger charge is 2.20. The fraction of sp³-hybridized carbons (Fsp3) is 0.417. The second-order valence-electron chi connectivity index (χ2n) is 4.10. The molecule has 0 bridgehead atoms. The number of aliphatic carboxylic acids is 1. The van der Waals surface area contributed by atoms with E-state index in [0.717, 1.165) is 0 Å². The first-order valence-electron chi connectivity index (χ1n) is 5.84. The Morgan fingerprint density at radius 2 is 2.10 bits per heavy atom. The molecule has 0 spiro atoms. The Hall–Kier alpha value is -1.67. The summed E-state index contributed by atoms with van der Waals surface area (Å²) in [5.41, 5.74) is -0.0462. The van der Waals surface area contributed by atoms with E-state index >= 15 is 0 Å². The molecule has 1 aromatic rings. The zero-order valence-electron chi connectivity index (χ0n) is 11.1. The van der Waals surface area contributed by atoms with Crippen molar-refractivity contribution in [3.05, 3.63) is 23.5 Å². The van der Waals surface area contributed by atoms with Crippen LogP contribution in [0.3, 0.4) is 0 Å². The van der Waals surface area contributed by atoms with E-state index in [2.05, 4.69) is 4.72 Å². The van der Waals surface area contributed by atoms with Crippen LogP contribution in [0, 0.1) is 12.7 Å². The molecule has 0 heterocycles. The number of hydrogen-bond acceptors (Lipinski definition) is 4. The summed E-state index contributed by atoms with van der Waals surface area (Å²) in [7, 11) is -2.59. The van der Waals surface area contributed by atoms with Gasteiger partial charge in [0.05, 0.1) is 12.0 Å². The number of halogens is 1. The lowest BCUT2D eigenvalue weighted by molar-refractivity contribution is -0.137. The Balaban J connectivity index is 2.88. The van der Waals surface area contributed by atoms with Gasteiger partial charge in [-0.1, -0.05) is 0 Å². The molecule has 0 atom stereocenters. The maximum atomic E-state index is 13.8. The summed E-state index contributed by atoms with van der Waals surface area (Å²) >= 11 is 0. The van der Waals surface area contributed by atoms with Crippen molar-refractivity contribution in [3.8, 4) is 5.75 Å². The van der Waals surface area contributed by atoms with Gasteiger partial charge in [-0.05, 0) is 25.5 Å². The molecule has 1 aromatic carbocycles. The summed E-state index contributed by atoms with van der Waals surface area (Å²) < 4.78 is 44.8. The van der Waals surface area contributed by atoms with E-state index < -0.39 is 21.8 Å². The third-order valence-electron chi connectivity index (χ3n) is 2.67. The number of methoxy groups -OCH3 is 1. The molecule has 0 unspecified atom stereocenters. The minimum atomic E-state index is -3.87. The molecule has 0 aliphatic rings. The fourth-order valence-electron chi connectivity index (χ4n) is 1.62. The van der Waals surface area contributed by atoms with Gasteiger partial charge < -0.3 is 9.84 Å². The lowest BCUT2D eigenvalue weighted by atomic mass is 10.2. The van der Waals surface area contributed by atoms with E-state index in [9.17, 15) is 17.6 Å². The first kappa shape index (κ1) is 16.4. The minimum Gasteiger partial charge on any atom is -0.494 e. The van der Waals surface area contributed by atoms with Crippen LogP contribution in [0.5, 0.6) is 5.75 Å². The normalized spacial score (nSPS) is 11.3. The SMILES string of the molecule is COc1ccc(S(=O)(=O)NCCCC(=O)O)c(C)c1F. The summed E-state index contributed by atoms with van der Waals surface area (Å²) in [6.45, 7) is 1.31. The van der Waals surface area contributed by atoms with Crippen LogP contribution >= 0.6 is 0 Å². The lowest BCUT2D eigenvalue weighted by Gasteiger charge is -2.11. The van der Waals surface area contributed by atoms with Gasteiger partial charge in [-0.3, -0.25) is 4.79 Å². The number of carbonyl (C=O) groups is 1. The second-order valence-corrected chi connectivity index (χ2v) is 5.84. The van der Waals surface area contributed by atoms with Crippen molar-refractivity contribution in [2.24, 2.45) is 0 Å². The highest BCUT2D eigenvalue weighted by Crippen LogP contribution is 2.25. The largest absolute Gasteiger partial charge is 0.494 e. The molecule has 0 fully saturated rings. The van der Waals surface area contributed by atoms with Crippen molar-refractivity contribution in [1.29, 1.82) is 0 Å². The Labute approximate surface area is 116 Å². The van der Waals surface area contributed by atoms with Crippen LogP contribution < -0.4 is 9.46 Å². The van der Waals surface area contributed by atoms with Crippen LogP contribution in [-0.4, -0.2) is 33.1 Å². The molecule has 0 aliphatic carbocycles. The smallest absolute Gasteiger partial charge is 0.303 e. The number of carboxylic acid groups (broad SMARTS) is 1. The number of carboxylic acids is 1. The van der Waals surface area contributed by atoms with Gasteiger partial charge in [0.2, 0.25) is 10.0 Å². The summed E-state index contributed by atoms with van der Waals surface area (Å²) in [5, 5.41) is 8.46. The van der Waals surface area contributed by atoms with Gasteiger partial charge in [0.15, 0.2) is 11.6 Å². The van der Waals surface area contributed by atoms with Gasteiger partial charge in [0.1, 0.15) is 0 Å². The molecule has 0 radical (unpaired) electrons. The predicted octanol–water partition coefficient (Wildman–Crippen LogP) is 1.29. The van der Waals surface area contributed by atoms with E-state index in [1.807, 2.05) is 0 Å². The molecule has 0 saturated heterocycles. The maximum absolute atomic E-state index is 13.8. The molecule has 8 heteroatoms.